The zero-order valence-electron chi connectivity index (χ0n) is 12.2. The van der Waals surface area contributed by atoms with Gasteiger partial charge in [0.2, 0.25) is 0 Å². The smallest absolute Gasteiger partial charge is 0.337 e. The van der Waals surface area contributed by atoms with Crippen molar-refractivity contribution in [2.24, 2.45) is 0 Å². The van der Waals surface area contributed by atoms with Gasteiger partial charge >= 0.3 is 5.97 Å². The molecule has 0 atom stereocenters. The van der Waals surface area contributed by atoms with Gasteiger partial charge in [0.05, 0.1) is 18.2 Å². The number of carbonyl (C=O) groups is 1. The van der Waals surface area contributed by atoms with Crippen LogP contribution >= 0.6 is 0 Å². The Bertz CT molecular complexity index is 615. The van der Waals surface area contributed by atoms with E-state index in [1.807, 2.05) is 18.3 Å². The second-order valence-electron chi connectivity index (χ2n) is 4.75. The molecule has 2 N–H and O–H groups in total. The van der Waals surface area contributed by atoms with E-state index in [0.717, 1.165) is 36.1 Å². The van der Waals surface area contributed by atoms with Gasteiger partial charge in [0, 0.05) is 18.1 Å². The number of aromatic nitrogens is 1. The van der Waals surface area contributed by atoms with Crippen LogP contribution in [-0.2, 0) is 11.3 Å². The minimum Gasteiger partial charge on any atom is -0.465 e. The first kappa shape index (κ1) is 14.4. The monoisotopic (exact) mass is 275 g/mol. The Labute approximate surface area is 118 Å². The number of benzene rings is 1. The highest BCUT2D eigenvalue weighted by Crippen LogP contribution is 2.23. The number of fused-ring (bicyclic) bond motifs is 1. The summed E-state index contributed by atoms with van der Waals surface area (Å²) in [4.78, 5) is 13.9. The van der Waals surface area contributed by atoms with Gasteiger partial charge in [-0.3, -0.25) is 9.58 Å². The second-order valence-corrected chi connectivity index (χ2v) is 4.75. The van der Waals surface area contributed by atoms with E-state index in [9.17, 15) is 4.79 Å². The third-order valence-electron chi connectivity index (χ3n) is 3.63. The fraction of sp³-hybridized carbons (Fsp3) is 0.400. The summed E-state index contributed by atoms with van der Waals surface area (Å²) < 4.78 is 6.37. The minimum atomic E-state index is -0.328. The number of esters is 1. The molecule has 1 aromatic carbocycles. The summed E-state index contributed by atoms with van der Waals surface area (Å²) in [5.74, 6) is 5.65. The molecule has 0 aliphatic heterocycles. The summed E-state index contributed by atoms with van der Waals surface area (Å²) in [7, 11) is 1.39. The van der Waals surface area contributed by atoms with Crippen molar-refractivity contribution in [3.05, 3.63) is 35.5 Å². The zero-order valence-corrected chi connectivity index (χ0v) is 12.2. The maximum absolute atomic E-state index is 11.6. The predicted octanol–water partition coefficient (Wildman–Crippen LogP) is 1.98. The maximum Gasteiger partial charge on any atom is 0.337 e. The molecule has 5 nitrogen and oxygen atoms in total. The SMILES string of the molecule is CCN(CC)Cc1cn(N)c2ccc(C(=O)OC)cc12. The van der Waals surface area contributed by atoms with Crippen molar-refractivity contribution in [3.8, 4) is 0 Å². The summed E-state index contributed by atoms with van der Waals surface area (Å²) >= 11 is 0. The molecular weight excluding hydrogens is 254 g/mol. The van der Waals surface area contributed by atoms with Crippen LogP contribution in [0.4, 0.5) is 0 Å². The minimum absolute atomic E-state index is 0.328. The average Bonchev–Trinajstić information content (AvgIpc) is 2.79. The average molecular weight is 275 g/mol. The highest BCUT2D eigenvalue weighted by atomic mass is 16.5. The topological polar surface area (TPSA) is 60.5 Å². The van der Waals surface area contributed by atoms with Gasteiger partial charge in [0.15, 0.2) is 0 Å². The molecule has 0 radical (unpaired) electrons. The number of rotatable bonds is 5. The molecule has 108 valence electrons. The summed E-state index contributed by atoms with van der Waals surface area (Å²) in [6, 6.07) is 5.44. The maximum atomic E-state index is 11.6. The van der Waals surface area contributed by atoms with Crippen LogP contribution in [0, 0.1) is 0 Å². The van der Waals surface area contributed by atoms with Gasteiger partial charge in [0.1, 0.15) is 0 Å². The fourth-order valence-electron chi connectivity index (χ4n) is 2.38. The van der Waals surface area contributed by atoms with Crippen LogP contribution in [0.25, 0.3) is 10.9 Å². The lowest BCUT2D eigenvalue weighted by Gasteiger charge is -2.17. The molecule has 1 heterocycles. The van der Waals surface area contributed by atoms with Gasteiger partial charge < -0.3 is 10.6 Å². The first-order chi connectivity index (χ1) is 9.60. The van der Waals surface area contributed by atoms with E-state index in [-0.39, 0.29) is 5.97 Å². The Balaban J connectivity index is 2.46. The zero-order chi connectivity index (χ0) is 14.7. The molecule has 20 heavy (non-hydrogen) atoms. The van der Waals surface area contributed by atoms with Crippen molar-refractivity contribution in [3.63, 3.8) is 0 Å². The highest BCUT2D eigenvalue weighted by Gasteiger charge is 2.13. The van der Waals surface area contributed by atoms with Gasteiger partial charge in [-0.2, -0.15) is 0 Å². The summed E-state index contributed by atoms with van der Waals surface area (Å²) in [6.45, 7) is 7.03. The van der Waals surface area contributed by atoms with Crippen molar-refractivity contribution >= 4 is 16.9 Å². The Kier molecular flexibility index (Phi) is 4.29. The lowest BCUT2D eigenvalue weighted by atomic mass is 10.1. The predicted molar refractivity (Wildman–Crippen MR) is 80.1 cm³/mol. The molecule has 0 saturated carbocycles. The molecular formula is C15H21N3O2. The summed E-state index contributed by atoms with van der Waals surface area (Å²) in [5, 5.41) is 1.00. The van der Waals surface area contributed by atoms with Gasteiger partial charge in [-0.1, -0.05) is 13.8 Å². The lowest BCUT2D eigenvalue weighted by molar-refractivity contribution is 0.0601. The molecule has 0 amide bonds. The first-order valence-corrected chi connectivity index (χ1v) is 6.80. The van der Waals surface area contributed by atoms with E-state index < -0.39 is 0 Å². The number of hydrogen-bond acceptors (Lipinski definition) is 4. The molecule has 0 aliphatic rings. The Morgan fingerprint density at radius 3 is 2.65 bits per heavy atom. The normalized spacial score (nSPS) is 11.2. The summed E-state index contributed by atoms with van der Waals surface area (Å²) in [5.41, 5.74) is 2.59. The number of nitrogens with two attached hydrogens (primary N) is 1. The largest absolute Gasteiger partial charge is 0.465 e. The highest BCUT2D eigenvalue weighted by molar-refractivity contribution is 5.95. The molecule has 0 aliphatic carbocycles. The van der Waals surface area contributed by atoms with Crippen molar-refractivity contribution in [1.29, 1.82) is 0 Å². The van der Waals surface area contributed by atoms with Crippen LogP contribution in [0.3, 0.4) is 0 Å². The molecule has 0 saturated heterocycles. The van der Waals surface area contributed by atoms with Crippen molar-refractivity contribution in [2.45, 2.75) is 20.4 Å². The lowest BCUT2D eigenvalue weighted by Crippen LogP contribution is -2.22. The molecule has 2 rings (SSSR count). The molecule has 1 aromatic heterocycles. The van der Waals surface area contributed by atoms with Gasteiger partial charge in [-0.05, 0) is 36.9 Å². The molecule has 0 spiro atoms. The number of nitrogens with zero attached hydrogens (tertiary/aromatic N) is 2. The van der Waals surface area contributed by atoms with E-state index in [4.69, 9.17) is 10.6 Å². The number of methoxy groups -OCH3 is 1. The number of hydrogen-bond donors (Lipinski definition) is 1. The van der Waals surface area contributed by atoms with Crippen LogP contribution in [0.15, 0.2) is 24.4 Å². The van der Waals surface area contributed by atoms with Crippen LogP contribution in [0.1, 0.15) is 29.8 Å². The van der Waals surface area contributed by atoms with Crippen molar-refractivity contribution < 1.29 is 9.53 Å². The number of ether oxygens (including phenoxy) is 1. The third-order valence-corrected chi connectivity index (χ3v) is 3.63. The molecule has 5 heteroatoms. The fourth-order valence-corrected chi connectivity index (χ4v) is 2.38. The standard InChI is InChI=1S/C15H21N3O2/c1-4-17(5-2)9-12-10-18(16)14-7-6-11(8-13(12)14)15(19)20-3/h6-8,10H,4-5,9,16H2,1-3H3. The Morgan fingerprint density at radius 1 is 1.35 bits per heavy atom. The van der Waals surface area contributed by atoms with E-state index in [1.54, 1.807) is 10.7 Å². The van der Waals surface area contributed by atoms with Crippen molar-refractivity contribution in [2.75, 3.05) is 26.0 Å². The van der Waals surface area contributed by atoms with Crippen LogP contribution in [0.5, 0.6) is 0 Å². The van der Waals surface area contributed by atoms with Gasteiger partial charge in [-0.15, -0.1) is 0 Å². The molecule has 0 bridgehead atoms. The van der Waals surface area contributed by atoms with Gasteiger partial charge in [-0.25, -0.2) is 4.79 Å². The van der Waals surface area contributed by atoms with E-state index >= 15 is 0 Å². The van der Waals surface area contributed by atoms with Crippen molar-refractivity contribution in [1.82, 2.24) is 9.58 Å². The molecule has 2 aromatic rings. The summed E-state index contributed by atoms with van der Waals surface area (Å²) in [6.07, 6.45) is 1.92. The van der Waals surface area contributed by atoms with E-state index in [2.05, 4.69) is 18.7 Å². The number of carbonyl (C=O) groups excluding carboxylic acids is 1. The van der Waals surface area contributed by atoms with Crippen LogP contribution in [0.2, 0.25) is 0 Å². The first-order valence-electron chi connectivity index (χ1n) is 6.80. The second kappa shape index (κ2) is 5.96. The quantitative estimate of drug-likeness (QED) is 0.669. The Morgan fingerprint density at radius 2 is 2.05 bits per heavy atom. The Hall–Kier alpha value is -2.01. The van der Waals surface area contributed by atoms with E-state index in [1.165, 1.54) is 7.11 Å². The van der Waals surface area contributed by atoms with Crippen LogP contribution < -0.4 is 5.84 Å². The number of nitrogen functional groups attached to an aromatic ring is 1. The van der Waals surface area contributed by atoms with Gasteiger partial charge in [0.25, 0.3) is 0 Å². The third kappa shape index (κ3) is 2.63. The molecule has 0 fully saturated rings. The van der Waals surface area contributed by atoms with E-state index in [0.29, 0.717) is 5.56 Å². The molecule has 0 unspecified atom stereocenters. The van der Waals surface area contributed by atoms with Crippen LogP contribution in [-0.4, -0.2) is 35.7 Å².